The first-order valence-electron chi connectivity index (χ1n) is 3.08. The van der Waals surface area contributed by atoms with E-state index in [1.54, 1.807) is 0 Å². The van der Waals surface area contributed by atoms with Gasteiger partial charge >= 0.3 is 23.1 Å². The summed E-state index contributed by atoms with van der Waals surface area (Å²) in [5, 5.41) is 0. The fourth-order valence-electron chi connectivity index (χ4n) is 0.839. The molecule has 0 saturated carbocycles. The first kappa shape index (κ1) is 9.95. The molecule has 52 valence electrons. The summed E-state index contributed by atoms with van der Waals surface area (Å²) in [7, 11) is 0. The second kappa shape index (κ2) is 4.71. The number of hydrogen-bond donors (Lipinski definition) is 1. The maximum atomic E-state index is 5.42. The van der Waals surface area contributed by atoms with Crippen molar-refractivity contribution in [2.45, 2.75) is 13.5 Å². The standard InChI is InChI=1S/C8H11N.Mg.2H/c1-7-3-2-4-8(5-7)6-9;;;/h2-5H,6,9H2,1H3;;;/q;+2;2*-1. The maximum Gasteiger partial charge on any atom is 2.00 e. The van der Waals surface area contributed by atoms with E-state index in [1.165, 1.54) is 11.1 Å². The minimum atomic E-state index is 0. The van der Waals surface area contributed by atoms with Gasteiger partial charge in [-0.1, -0.05) is 29.8 Å². The molecule has 0 saturated heterocycles. The molecular formula is C8H13MgN. The van der Waals surface area contributed by atoms with Gasteiger partial charge in [0.25, 0.3) is 0 Å². The fourth-order valence-corrected chi connectivity index (χ4v) is 0.839. The van der Waals surface area contributed by atoms with Crippen molar-refractivity contribution < 1.29 is 2.85 Å². The normalized spacial score (nSPS) is 8.60. The van der Waals surface area contributed by atoms with Crippen LogP contribution in [0.4, 0.5) is 0 Å². The third-order valence-electron chi connectivity index (χ3n) is 1.32. The summed E-state index contributed by atoms with van der Waals surface area (Å²) in [6, 6.07) is 8.23. The maximum absolute atomic E-state index is 5.42. The van der Waals surface area contributed by atoms with E-state index in [2.05, 4.69) is 19.1 Å². The molecule has 1 nitrogen and oxygen atoms in total. The van der Waals surface area contributed by atoms with Gasteiger partial charge in [-0.05, 0) is 12.5 Å². The molecule has 0 unspecified atom stereocenters. The molecule has 0 spiro atoms. The number of nitrogens with two attached hydrogens (primary N) is 1. The average molecular weight is 148 g/mol. The third-order valence-corrected chi connectivity index (χ3v) is 1.32. The minimum absolute atomic E-state index is 0. The molecule has 0 radical (unpaired) electrons. The summed E-state index contributed by atoms with van der Waals surface area (Å²) in [5.74, 6) is 0. The van der Waals surface area contributed by atoms with Crippen LogP contribution in [0.5, 0.6) is 0 Å². The van der Waals surface area contributed by atoms with Crippen molar-refractivity contribution in [3.05, 3.63) is 35.4 Å². The number of aryl methyl sites for hydroxylation is 1. The zero-order chi connectivity index (χ0) is 6.69. The molecule has 0 heterocycles. The molecule has 10 heavy (non-hydrogen) atoms. The Hall–Kier alpha value is -0.0538. The predicted octanol–water partition coefficient (Wildman–Crippen LogP) is 1.30. The van der Waals surface area contributed by atoms with Gasteiger partial charge < -0.3 is 8.59 Å². The van der Waals surface area contributed by atoms with Crippen LogP contribution in [0.3, 0.4) is 0 Å². The van der Waals surface area contributed by atoms with Crippen molar-refractivity contribution in [3.8, 4) is 0 Å². The Labute approximate surface area is 80.7 Å². The number of benzene rings is 1. The first-order valence-corrected chi connectivity index (χ1v) is 3.08. The van der Waals surface area contributed by atoms with Crippen molar-refractivity contribution in [1.29, 1.82) is 0 Å². The molecule has 1 rings (SSSR count). The van der Waals surface area contributed by atoms with Crippen molar-refractivity contribution >= 4 is 23.1 Å². The molecule has 2 N–H and O–H groups in total. The van der Waals surface area contributed by atoms with E-state index >= 15 is 0 Å². The van der Waals surface area contributed by atoms with E-state index in [9.17, 15) is 0 Å². The quantitative estimate of drug-likeness (QED) is 0.596. The van der Waals surface area contributed by atoms with E-state index in [-0.39, 0.29) is 25.9 Å². The van der Waals surface area contributed by atoms with Crippen molar-refractivity contribution in [2.24, 2.45) is 5.73 Å². The Morgan fingerprint density at radius 1 is 1.50 bits per heavy atom. The number of rotatable bonds is 1. The van der Waals surface area contributed by atoms with Gasteiger partial charge in [0.1, 0.15) is 0 Å². The average Bonchev–Trinajstić information content (AvgIpc) is 1.88. The molecule has 0 aliphatic rings. The Morgan fingerprint density at radius 3 is 2.60 bits per heavy atom. The van der Waals surface area contributed by atoms with Gasteiger partial charge in [0.15, 0.2) is 0 Å². The van der Waals surface area contributed by atoms with Crippen LogP contribution in [0.25, 0.3) is 0 Å². The smallest absolute Gasteiger partial charge is 1.00 e. The van der Waals surface area contributed by atoms with Crippen LogP contribution in [0.2, 0.25) is 0 Å². The molecule has 1 aromatic carbocycles. The topological polar surface area (TPSA) is 26.0 Å². The minimum Gasteiger partial charge on any atom is -1.00 e. The van der Waals surface area contributed by atoms with Gasteiger partial charge in [0.05, 0.1) is 0 Å². The molecule has 0 fully saturated rings. The molecule has 2 heteroatoms. The zero-order valence-electron chi connectivity index (χ0n) is 8.30. The van der Waals surface area contributed by atoms with Crippen LogP contribution < -0.4 is 5.73 Å². The monoisotopic (exact) mass is 147 g/mol. The van der Waals surface area contributed by atoms with E-state index in [1.807, 2.05) is 12.1 Å². The van der Waals surface area contributed by atoms with Crippen molar-refractivity contribution in [2.75, 3.05) is 0 Å². The van der Waals surface area contributed by atoms with E-state index in [0.717, 1.165) is 0 Å². The SMILES string of the molecule is Cc1cccc(CN)c1.[H-].[H-].[Mg+2]. The summed E-state index contributed by atoms with van der Waals surface area (Å²) in [6.07, 6.45) is 0. The molecule has 0 bridgehead atoms. The number of hydrogen-bond acceptors (Lipinski definition) is 1. The molecule has 0 aliphatic heterocycles. The molecule has 0 atom stereocenters. The van der Waals surface area contributed by atoms with Crippen LogP contribution >= 0.6 is 0 Å². The Morgan fingerprint density at radius 2 is 2.20 bits per heavy atom. The molecule has 0 aromatic heterocycles. The van der Waals surface area contributed by atoms with Gasteiger partial charge in [0.2, 0.25) is 0 Å². The van der Waals surface area contributed by atoms with Gasteiger partial charge in [-0.25, -0.2) is 0 Å². The fraction of sp³-hybridized carbons (Fsp3) is 0.250. The first-order chi connectivity index (χ1) is 4.33. The largest absolute Gasteiger partial charge is 2.00 e. The molecule has 1 aromatic rings. The molecular weight excluding hydrogens is 134 g/mol. The van der Waals surface area contributed by atoms with Gasteiger partial charge in [-0.3, -0.25) is 0 Å². The summed E-state index contributed by atoms with van der Waals surface area (Å²) >= 11 is 0. The van der Waals surface area contributed by atoms with E-state index in [4.69, 9.17) is 5.73 Å². The van der Waals surface area contributed by atoms with Crippen molar-refractivity contribution in [3.63, 3.8) is 0 Å². The van der Waals surface area contributed by atoms with E-state index < -0.39 is 0 Å². The second-order valence-corrected chi connectivity index (χ2v) is 2.19. The third kappa shape index (κ3) is 2.69. The van der Waals surface area contributed by atoms with E-state index in [0.29, 0.717) is 6.54 Å². The van der Waals surface area contributed by atoms with Gasteiger partial charge in [-0.15, -0.1) is 0 Å². The van der Waals surface area contributed by atoms with Crippen LogP contribution in [0.15, 0.2) is 24.3 Å². The van der Waals surface area contributed by atoms with Gasteiger partial charge in [-0.2, -0.15) is 0 Å². The Bertz CT molecular complexity index is 206. The molecule has 0 aliphatic carbocycles. The summed E-state index contributed by atoms with van der Waals surface area (Å²) < 4.78 is 0. The van der Waals surface area contributed by atoms with Crippen LogP contribution in [-0.4, -0.2) is 23.1 Å². The molecule has 0 amide bonds. The summed E-state index contributed by atoms with van der Waals surface area (Å²) in [6.45, 7) is 2.71. The summed E-state index contributed by atoms with van der Waals surface area (Å²) in [4.78, 5) is 0. The van der Waals surface area contributed by atoms with Crippen molar-refractivity contribution in [1.82, 2.24) is 0 Å². The Balaban J connectivity index is -0.000000270. The zero-order valence-corrected chi connectivity index (χ0v) is 7.72. The van der Waals surface area contributed by atoms with Crippen LogP contribution in [0.1, 0.15) is 14.0 Å². The summed E-state index contributed by atoms with van der Waals surface area (Å²) in [5.41, 5.74) is 7.90. The second-order valence-electron chi connectivity index (χ2n) is 2.19. The van der Waals surface area contributed by atoms with Crippen LogP contribution in [-0.2, 0) is 6.54 Å². The van der Waals surface area contributed by atoms with Crippen LogP contribution in [0, 0.1) is 6.92 Å². The van der Waals surface area contributed by atoms with Gasteiger partial charge in [0, 0.05) is 6.54 Å². The predicted molar refractivity (Wildman–Crippen MR) is 47.0 cm³/mol. The Kier molecular flexibility index (Phi) is 4.69.